The predicted octanol–water partition coefficient (Wildman–Crippen LogP) is 3.46. The Labute approximate surface area is 207 Å². The van der Waals surface area contributed by atoms with Crippen molar-refractivity contribution >= 4 is 5.91 Å². The van der Waals surface area contributed by atoms with E-state index in [2.05, 4.69) is 21.9 Å². The summed E-state index contributed by atoms with van der Waals surface area (Å²) >= 11 is 0. The molecule has 2 saturated heterocycles. The predicted molar refractivity (Wildman–Crippen MR) is 138 cm³/mol. The van der Waals surface area contributed by atoms with Crippen LogP contribution in [0.25, 0.3) is 11.3 Å². The van der Waals surface area contributed by atoms with E-state index in [9.17, 15) is 4.79 Å². The number of nitrogens with zero attached hydrogens (tertiary/aromatic N) is 5. The lowest BCUT2D eigenvalue weighted by Gasteiger charge is -2.35. The molecule has 0 N–H and O–H groups in total. The van der Waals surface area contributed by atoms with Gasteiger partial charge in [-0.25, -0.2) is 0 Å². The summed E-state index contributed by atoms with van der Waals surface area (Å²) in [5, 5.41) is 4.85. The van der Waals surface area contributed by atoms with Crippen molar-refractivity contribution < 1.29 is 9.53 Å². The fourth-order valence-corrected chi connectivity index (χ4v) is 5.03. The maximum Gasteiger partial charge on any atom is 0.257 e. The maximum absolute atomic E-state index is 13.7. The highest BCUT2D eigenvalue weighted by Crippen LogP contribution is 2.26. The van der Waals surface area contributed by atoms with E-state index in [4.69, 9.17) is 9.84 Å². The average Bonchev–Trinajstić information content (AvgIpc) is 3.58. The number of rotatable bonds is 8. The van der Waals surface area contributed by atoms with Crippen molar-refractivity contribution in [2.45, 2.75) is 19.4 Å². The van der Waals surface area contributed by atoms with Gasteiger partial charge in [-0.3, -0.25) is 14.4 Å². The summed E-state index contributed by atoms with van der Waals surface area (Å²) in [6, 6.07) is 18.0. The minimum Gasteiger partial charge on any atom is -0.497 e. The Morgan fingerprint density at radius 1 is 0.857 bits per heavy atom. The monoisotopic (exact) mass is 473 g/mol. The first kappa shape index (κ1) is 23.6. The molecule has 35 heavy (non-hydrogen) atoms. The molecule has 0 aliphatic carbocycles. The lowest BCUT2D eigenvalue weighted by atomic mass is 10.1. The number of carbonyl (C=O) groups excluding carboxylic acids is 1. The molecule has 0 unspecified atom stereocenters. The standard InChI is InChI=1S/C28H35N5O2/c1-35-25-11-9-24(10-12-25)27-26(22-33(29-27)21-23-7-3-2-4-8-23)28(34)32-19-17-31(18-20-32)16-15-30-13-5-6-14-30/h2-4,7-12,22H,5-6,13-21H2,1H3. The molecule has 2 aliphatic heterocycles. The highest BCUT2D eigenvalue weighted by atomic mass is 16.5. The number of piperazine rings is 1. The molecule has 3 heterocycles. The Morgan fingerprint density at radius 2 is 1.51 bits per heavy atom. The normalized spacial score (nSPS) is 17.1. The summed E-state index contributed by atoms with van der Waals surface area (Å²) in [5.74, 6) is 0.852. The Morgan fingerprint density at radius 3 is 2.17 bits per heavy atom. The lowest BCUT2D eigenvalue weighted by Crippen LogP contribution is -2.50. The Balaban J connectivity index is 1.30. The van der Waals surface area contributed by atoms with Crippen molar-refractivity contribution in [2.75, 3.05) is 59.5 Å². The molecule has 3 aromatic rings. The van der Waals surface area contributed by atoms with Crippen LogP contribution in [0.15, 0.2) is 60.8 Å². The molecule has 0 spiro atoms. The summed E-state index contributed by atoms with van der Waals surface area (Å²) in [5.41, 5.74) is 3.47. The Kier molecular flexibility index (Phi) is 7.45. The topological polar surface area (TPSA) is 53.8 Å². The van der Waals surface area contributed by atoms with Gasteiger partial charge in [-0.05, 0) is 55.8 Å². The molecule has 0 saturated carbocycles. The number of methoxy groups -OCH3 is 1. The van der Waals surface area contributed by atoms with E-state index in [1.807, 2.05) is 58.2 Å². The van der Waals surface area contributed by atoms with Crippen LogP contribution in [-0.4, -0.2) is 89.9 Å². The van der Waals surface area contributed by atoms with Gasteiger partial charge >= 0.3 is 0 Å². The van der Waals surface area contributed by atoms with Crippen LogP contribution >= 0.6 is 0 Å². The summed E-state index contributed by atoms with van der Waals surface area (Å²) in [6.07, 6.45) is 4.57. The third-order valence-electron chi connectivity index (χ3n) is 7.13. The minimum absolute atomic E-state index is 0.0642. The summed E-state index contributed by atoms with van der Waals surface area (Å²) in [4.78, 5) is 20.7. The third kappa shape index (κ3) is 5.74. The smallest absolute Gasteiger partial charge is 0.257 e. The van der Waals surface area contributed by atoms with Crippen LogP contribution in [0.2, 0.25) is 0 Å². The minimum atomic E-state index is 0.0642. The van der Waals surface area contributed by atoms with Gasteiger partial charge in [0.05, 0.1) is 19.2 Å². The number of likely N-dealkylation sites (tertiary alicyclic amines) is 1. The van der Waals surface area contributed by atoms with Gasteiger partial charge in [0.25, 0.3) is 5.91 Å². The van der Waals surface area contributed by atoms with Crippen molar-refractivity contribution in [3.8, 4) is 17.0 Å². The molecule has 2 fully saturated rings. The molecule has 0 bridgehead atoms. The fraction of sp³-hybridized carbons (Fsp3) is 0.429. The van der Waals surface area contributed by atoms with E-state index in [1.165, 1.54) is 25.9 Å². The number of ether oxygens (including phenoxy) is 1. The number of amides is 1. The van der Waals surface area contributed by atoms with E-state index in [-0.39, 0.29) is 5.91 Å². The molecule has 7 heteroatoms. The number of hydrogen-bond donors (Lipinski definition) is 0. The van der Waals surface area contributed by atoms with Crippen LogP contribution < -0.4 is 4.74 Å². The fourth-order valence-electron chi connectivity index (χ4n) is 5.03. The Hall–Kier alpha value is -3.16. The molecular formula is C28H35N5O2. The Bertz CT molecular complexity index is 1100. The molecule has 0 atom stereocenters. The van der Waals surface area contributed by atoms with Gasteiger partial charge in [-0.15, -0.1) is 0 Å². The number of hydrogen-bond acceptors (Lipinski definition) is 5. The lowest BCUT2D eigenvalue weighted by molar-refractivity contribution is 0.0627. The van der Waals surface area contributed by atoms with Crippen LogP contribution in [-0.2, 0) is 6.54 Å². The van der Waals surface area contributed by atoms with E-state index < -0.39 is 0 Å². The second-order valence-electron chi connectivity index (χ2n) is 9.49. The van der Waals surface area contributed by atoms with Crippen molar-refractivity contribution in [1.82, 2.24) is 24.5 Å². The molecule has 1 aromatic heterocycles. The first-order valence-corrected chi connectivity index (χ1v) is 12.7. The molecule has 2 aromatic carbocycles. The first-order chi connectivity index (χ1) is 17.2. The van der Waals surface area contributed by atoms with E-state index in [0.717, 1.165) is 61.8 Å². The van der Waals surface area contributed by atoms with Gasteiger partial charge in [-0.2, -0.15) is 5.10 Å². The maximum atomic E-state index is 13.7. The average molecular weight is 474 g/mol. The third-order valence-corrected chi connectivity index (χ3v) is 7.13. The molecular weight excluding hydrogens is 438 g/mol. The van der Waals surface area contributed by atoms with Crippen molar-refractivity contribution in [3.63, 3.8) is 0 Å². The molecule has 184 valence electrons. The quantitative estimate of drug-likeness (QED) is 0.502. The highest BCUT2D eigenvalue weighted by Gasteiger charge is 2.27. The molecule has 1 amide bonds. The molecule has 0 radical (unpaired) electrons. The van der Waals surface area contributed by atoms with Gasteiger partial charge in [0.1, 0.15) is 11.4 Å². The number of benzene rings is 2. The van der Waals surface area contributed by atoms with Gasteiger partial charge in [0.15, 0.2) is 0 Å². The van der Waals surface area contributed by atoms with Crippen LogP contribution in [0, 0.1) is 0 Å². The van der Waals surface area contributed by atoms with Crippen molar-refractivity contribution in [2.24, 2.45) is 0 Å². The SMILES string of the molecule is COc1ccc(-c2nn(Cc3ccccc3)cc2C(=O)N2CCN(CCN3CCCC3)CC2)cc1. The zero-order chi connectivity index (χ0) is 24.0. The van der Waals surface area contributed by atoms with Crippen LogP contribution in [0.1, 0.15) is 28.8 Å². The molecule has 2 aliphatic rings. The summed E-state index contributed by atoms with van der Waals surface area (Å²) < 4.78 is 7.20. The van der Waals surface area contributed by atoms with Crippen LogP contribution in [0.5, 0.6) is 5.75 Å². The summed E-state index contributed by atoms with van der Waals surface area (Å²) in [7, 11) is 1.66. The largest absolute Gasteiger partial charge is 0.497 e. The highest BCUT2D eigenvalue weighted by molar-refractivity contribution is 6.00. The number of carbonyl (C=O) groups is 1. The van der Waals surface area contributed by atoms with Crippen molar-refractivity contribution in [1.29, 1.82) is 0 Å². The van der Waals surface area contributed by atoms with E-state index in [0.29, 0.717) is 12.1 Å². The molecule has 7 nitrogen and oxygen atoms in total. The zero-order valence-corrected chi connectivity index (χ0v) is 20.6. The zero-order valence-electron chi connectivity index (χ0n) is 20.6. The van der Waals surface area contributed by atoms with E-state index >= 15 is 0 Å². The van der Waals surface area contributed by atoms with Gasteiger partial charge in [0.2, 0.25) is 0 Å². The second kappa shape index (κ2) is 11.1. The van der Waals surface area contributed by atoms with Gasteiger partial charge in [0, 0.05) is 51.0 Å². The number of aromatic nitrogens is 2. The van der Waals surface area contributed by atoms with Crippen LogP contribution in [0.3, 0.4) is 0 Å². The second-order valence-corrected chi connectivity index (χ2v) is 9.49. The van der Waals surface area contributed by atoms with Crippen molar-refractivity contribution in [3.05, 3.63) is 71.9 Å². The van der Waals surface area contributed by atoms with Crippen LogP contribution in [0.4, 0.5) is 0 Å². The van der Waals surface area contributed by atoms with Gasteiger partial charge < -0.3 is 14.5 Å². The first-order valence-electron chi connectivity index (χ1n) is 12.7. The summed E-state index contributed by atoms with van der Waals surface area (Å²) in [6.45, 7) is 8.69. The van der Waals surface area contributed by atoms with Gasteiger partial charge in [-0.1, -0.05) is 30.3 Å². The molecule has 5 rings (SSSR count). The van der Waals surface area contributed by atoms with E-state index in [1.54, 1.807) is 7.11 Å².